The topological polar surface area (TPSA) is 91.6 Å². The highest BCUT2D eigenvalue weighted by atomic mass is 19.1. The van der Waals surface area contributed by atoms with E-state index in [9.17, 15) is 23.9 Å². The number of phenolic OH excluding ortho intramolecular Hbond substituents is 1. The van der Waals surface area contributed by atoms with Crippen molar-refractivity contribution in [3.05, 3.63) is 65.1 Å². The minimum absolute atomic E-state index is 0.0335. The number of fused-ring (bicyclic) bond motifs is 1. The number of aromatic nitrogens is 1. The van der Waals surface area contributed by atoms with Gasteiger partial charge in [-0.25, -0.2) is 4.39 Å². The lowest BCUT2D eigenvalue weighted by Crippen LogP contribution is -2.46. The van der Waals surface area contributed by atoms with Crippen LogP contribution in [-0.2, 0) is 22.7 Å². The summed E-state index contributed by atoms with van der Waals surface area (Å²) in [4.78, 5) is 39.5. The van der Waals surface area contributed by atoms with Gasteiger partial charge in [0, 0.05) is 41.9 Å². The van der Waals surface area contributed by atoms with Crippen molar-refractivity contribution in [1.82, 2.24) is 14.8 Å². The predicted octanol–water partition coefficient (Wildman–Crippen LogP) is 3.30. The Bertz CT molecular complexity index is 1250. The highest BCUT2D eigenvalue weighted by Crippen LogP contribution is 2.27. The highest BCUT2D eigenvalue weighted by Gasteiger charge is 2.34. The summed E-state index contributed by atoms with van der Waals surface area (Å²) < 4.78 is 15.9. The number of carbonyl (C=O) groups excluding carboxylic acids is 3. The van der Waals surface area contributed by atoms with E-state index in [1.54, 1.807) is 42.0 Å². The number of hydrogen-bond donors (Lipinski definition) is 2. The fraction of sp³-hybridized carbons (Fsp3) is 0.320. The Labute approximate surface area is 190 Å². The molecule has 2 N–H and O–H groups in total. The molecule has 4 rings (SSSR count). The molecule has 0 radical (unpaired) electrons. The van der Waals surface area contributed by atoms with E-state index in [-0.39, 0.29) is 42.3 Å². The first kappa shape index (κ1) is 22.5. The molecule has 1 aromatic heterocycles. The second-order valence-electron chi connectivity index (χ2n) is 8.44. The maximum Gasteiger partial charge on any atom is 0.243 e. The second-order valence-corrected chi connectivity index (χ2v) is 8.44. The Morgan fingerprint density at radius 3 is 2.76 bits per heavy atom. The van der Waals surface area contributed by atoms with Crippen LogP contribution < -0.4 is 5.32 Å². The van der Waals surface area contributed by atoms with E-state index in [0.29, 0.717) is 47.0 Å². The minimum atomic E-state index is -0.632. The number of hydrogen-bond acceptors (Lipinski definition) is 4. The molecule has 7 nitrogen and oxygen atoms in total. The maximum atomic E-state index is 14.2. The van der Waals surface area contributed by atoms with Crippen LogP contribution in [0.1, 0.15) is 41.3 Å². The molecule has 1 atom stereocenters. The Morgan fingerprint density at radius 2 is 2.00 bits per heavy atom. The van der Waals surface area contributed by atoms with Gasteiger partial charge < -0.3 is 19.9 Å². The molecule has 33 heavy (non-hydrogen) atoms. The van der Waals surface area contributed by atoms with Crippen LogP contribution >= 0.6 is 0 Å². The molecule has 1 saturated heterocycles. The van der Waals surface area contributed by atoms with Crippen LogP contribution in [0.25, 0.3) is 10.9 Å². The number of ketones is 1. The van der Waals surface area contributed by atoms with Gasteiger partial charge in [0.05, 0.1) is 5.52 Å². The van der Waals surface area contributed by atoms with E-state index < -0.39 is 6.04 Å². The van der Waals surface area contributed by atoms with Gasteiger partial charge in [-0.2, -0.15) is 0 Å². The number of nitrogens with one attached hydrogen (secondary N) is 1. The Kier molecular flexibility index (Phi) is 6.18. The zero-order valence-electron chi connectivity index (χ0n) is 18.6. The molecule has 1 fully saturated rings. The fourth-order valence-electron chi connectivity index (χ4n) is 4.41. The summed E-state index contributed by atoms with van der Waals surface area (Å²) in [5.41, 5.74) is 1.95. The van der Waals surface area contributed by atoms with Gasteiger partial charge in [-0.15, -0.1) is 0 Å². The summed E-state index contributed by atoms with van der Waals surface area (Å²) in [6.07, 6.45) is 2.82. The first-order chi connectivity index (χ1) is 15.8. The number of nitrogens with zero attached hydrogens (tertiary/aromatic N) is 2. The van der Waals surface area contributed by atoms with Crippen LogP contribution in [0.5, 0.6) is 5.75 Å². The smallest absolute Gasteiger partial charge is 0.243 e. The number of Topliss-reactive ketones (excluding diaryl/α,β-unsaturated/α-hetero) is 1. The lowest BCUT2D eigenvalue weighted by molar-refractivity contribution is -0.138. The van der Waals surface area contributed by atoms with Gasteiger partial charge >= 0.3 is 0 Å². The Balaban J connectivity index is 1.49. The predicted molar refractivity (Wildman–Crippen MR) is 121 cm³/mol. The van der Waals surface area contributed by atoms with Crippen LogP contribution in [0, 0.1) is 12.7 Å². The normalized spacial score (nSPS) is 15.7. The Morgan fingerprint density at radius 1 is 1.21 bits per heavy atom. The summed E-state index contributed by atoms with van der Waals surface area (Å²) in [5.74, 6) is -1.03. The Hall–Kier alpha value is -3.68. The molecule has 0 bridgehead atoms. The van der Waals surface area contributed by atoms with E-state index >= 15 is 0 Å². The molecule has 2 amide bonds. The summed E-state index contributed by atoms with van der Waals surface area (Å²) >= 11 is 0. The summed E-state index contributed by atoms with van der Waals surface area (Å²) in [7, 11) is 0. The number of amides is 2. The van der Waals surface area contributed by atoms with Crippen molar-refractivity contribution >= 4 is 28.5 Å². The third kappa shape index (κ3) is 4.46. The zero-order chi connectivity index (χ0) is 23.7. The SMILES string of the molecule is CC(=O)c1cn(CC(=O)N2CCCC2C(=O)NCc2cccc(C)c2F)c2cc(O)ccc12. The second kappa shape index (κ2) is 9.05. The lowest BCUT2D eigenvalue weighted by atomic mass is 10.1. The van der Waals surface area contributed by atoms with E-state index in [2.05, 4.69) is 5.32 Å². The highest BCUT2D eigenvalue weighted by molar-refractivity contribution is 6.07. The average molecular weight is 451 g/mol. The molecule has 2 heterocycles. The van der Waals surface area contributed by atoms with E-state index in [4.69, 9.17) is 0 Å². The van der Waals surface area contributed by atoms with Crippen molar-refractivity contribution in [1.29, 1.82) is 0 Å². The van der Waals surface area contributed by atoms with Crippen LogP contribution in [0.2, 0.25) is 0 Å². The molecule has 172 valence electrons. The number of halogens is 1. The van der Waals surface area contributed by atoms with Gasteiger partial charge in [0.25, 0.3) is 0 Å². The quantitative estimate of drug-likeness (QED) is 0.563. The number of rotatable bonds is 6. The fourth-order valence-corrected chi connectivity index (χ4v) is 4.41. The van der Waals surface area contributed by atoms with Crippen LogP contribution in [0.4, 0.5) is 4.39 Å². The van der Waals surface area contributed by atoms with Gasteiger partial charge in [-0.1, -0.05) is 18.2 Å². The average Bonchev–Trinajstić information content (AvgIpc) is 3.40. The van der Waals surface area contributed by atoms with Crippen LogP contribution in [-0.4, -0.2) is 44.8 Å². The van der Waals surface area contributed by atoms with Crippen molar-refractivity contribution < 1.29 is 23.9 Å². The van der Waals surface area contributed by atoms with Crippen LogP contribution in [0.3, 0.4) is 0 Å². The molecular weight excluding hydrogens is 425 g/mol. The van der Waals surface area contributed by atoms with Crippen molar-refractivity contribution in [3.63, 3.8) is 0 Å². The van der Waals surface area contributed by atoms with E-state index in [1.165, 1.54) is 24.0 Å². The monoisotopic (exact) mass is 451 g/mol. The first-order valence-electron chi connectivity index (χ1n) is 10.9. The number of aryl methyl sites for hydroxylation is 1. The maximum absolute atomic E-state index is 14.2. The van der Waals surface area contributed by atoms with Gasteiger partial charge in [-0.3, -0.25) is 14.4 Å². The van der Waals surface area contributed by atoms with Crippen molar-refractivity contribution in [2.24, 2.45) is 0 Å². The van der Waals surface area contributed by atoms with Crippen LogP contribution in [0.15, 0.2) is 42.6 Å². The van der Waals surface area contributed by atoms with Gasteiger partial charge in [-0.05, 0) is 44.4 Å². The molecule has 1 unspecified atom stereocenters. The zero-order valence-corrected chi connectivity index (χ0v) is 18.6. The van der Waals surface area contributed by atoms with Crippen molar-refractivity contribution in [2.45, 2.75) is 45.8 Å². The van der Waals surface area contributed by atoms with Gasteiger partial charge in [0.2, 0.25) is 11.8 Å². The molecule has 3 aromatic rings. The number of likely N-dealkylation sites (tertiary alicyclic amines) is 1. The number of phenols is 1. The molecular formula is C25H26FN3O4. The van der Waals surface area contributed by atoms with Crippen molar-refractivity contribution in [2.75, 3.05) is 6.54 Å². The molecule has 0 spiro atoms. The van der Waals surface area contributed by atoms with E-state index in [0.717, 1.165) is 0 Å². The largest absolute Gasteiger partial charge is 0.508 e. The summed E-state index contributed by atoms with van der Waals surface area (Å²) in [5, 5.41) is 13.3. The molecule has 2 aromatic carbocycles. The third-order valence-corrected chi connectivity index (χ3v) is 6.15. The summed E-state index contributed by atoms with van der Waals surface area (Å²) in [6.45, 7) is 3.55. The van der Waals surface area contributed by atoms with E-state index in [1.807, 2.05) is 0 Å². The molecule has 1 aliphatic heterocycles. The van der Waals surface area contributed by atoms with Gasteiger partial charge in [0.15, 0.2) is 5.78 Å². The minimum Gasteiger partial charge on any atom is -0.508 e. The van der Waals surface area contributed by atoms with Crippen molar-refractivity contribution in [3.8, 4) is 5.75 Å². The number of carbonyl (C=O) groups is 3. The molecule has 1 aliphatic rings. The standard InChI is InChI=1S/C25H26FN3O4/c1-15-5-3-6-17(24(15)26)12-27-25(33)21-7-4-10-29(21)23(32)14-28-13-20(16(2)30)19-9-8-18(31)11-22(19)28/h3,5-6,8-9,11,13,21,31H,4,7,10,12,14H2,1-2H3,(H,27,33). The molecule has 0 saturated carbocycles. The van der Waals surface area contributed by atoms with Gasteiger partial charge in [0.1, 0.15) is 24.2 Å². The molecule has 8 heteroatoms. The lowest BCUT2D eigenvalue weighted by Gasteiger charge is -2.24. The first-order valence-corrected chi connectivity index (χ1v) is 10.9. The number of benzene rings is 2. The molecule has 0 aliphatic carbocycles. The summed E-state index contributed by atoms with van der Waals surface area (Å²) in [6, 6.07) is 9.06. The number of aromatic hydroxyl groups is 1. The third-order valence-electron chi connectivity index (χ3n) is 6.15.